The number of hydrogen-bond acceptors (Lipinski definition) is 4. The van der Waals surface area contributed by atoms with Crippen LogP contribution in [0.3, 0.4) is 0 Å². The van der Waals surface area contributed by atoms with E-state index in [0.717, 1.165) is 44.5 Å². The molecule has 0 radical (unpaired) electrons. The summed E-state index contributed by atoms with van der Waals surface area (Å²) in [5, 5.41) is 7.04. The summed E-state index contributed by atoms with van der Waals surface area (Å²) in [6.45, 7) is 4.65. The molecular weight excluding hydrogens is 316 g/mol. The van der Waals surface area contributed by atoms with E-state index in [4.69, 9.17) is 4.52 Å². The maximum atomic E-state index is 12.3. The number of rotatable bonds is 6. The first-order chi connectivity index (χ1) is 12.1. The molecule has 1 aliphatic rings. The van der Waals surface area contributed by atoms with Crippen molar-refractivity contribution in [2.24, 2.45) is 0 Å². The van der Waals surface area contributed by atoms with Crippen LogP contribution in [0.4, 0.5) is 4.79 Å². The Bertz CT molecular complexity index is 684. The van der Waals surface area contributed by atoms with Gasteiger partial charge in [0.05, 0.1) is 0 Å². The van der Waals surface area contributed by atoms with Gasteiger partial charge in [-0.25, -0.2) is 4.79 Å². The molecule has 1 aromatic heterocycles. The SMILES string of the molecule is CC(C)NC(=O)N1CCCC1c1nc(CCCc2ccccc2)no1. The predicted octanol–water partition coefficient (Wildman–Crippen LogP) is 3.50. The normalized spacial score (nSPS) is 17.2. The van der Waals surface area contributed by atoms with Crippen LogP contribution in [-0.2, 0) is 12.8 Å². The Hall–Kier alpha value is -2.37. The summed E-state index contributed by atoms with van der Waals surface area (Å²) in [6.07, 6.45) is 4.59. The minimum absolute atomic E-state index is 0.0543. The second kappa shape index (κ2) is 8.14. The van der Waals surface area contributed by atoms with Crippen LogP contribution in [-0.4, -0.2) is 33.7 Å². The fourth-order valence-electron chi connectivity index (χ4n) is 3.20. The summed E-state index contributed by atoms with van der Waals surface area (Å²) in [5.41, 5.74) is 1.32. The fraction of sp³-hybridized carbons (Fsp3) is 0.526. The molecule has 0 saturated carbocycles. The number of hydrogen-bond donors (Lipinski definition) is 1. The molecule has 2 aromatic rings. The third-order valence-electron chi connectivity index (χ3n) is 4.40. The summed E-state index contributed by atoms with van der Waals surface area (Å²) < 4.78 is 5.45. The number of nitrogens with zero attached hydrogens (tertiary/aromatic N) is 3. The van der Waals surface area contributed by atoms with Crippen molar-refractivity contribution >= 4 is 6.03 Å². The largest absolute Gasteiger partial charge is 0.337 e. The van der Waals surface area contributed by atoms with Gasteiger partial charge in [-0.3, -0.25) is 0 Å². The number of aromatic nitrogens is 2. The molecule has 0 bridgehead atoms. The van der Waals surface area contributed by atoms with Crippen LogP contribution in [0.5, 0.6) is 0 Å². The summed E-state index contributed by atoms with van der Waals surface area (Å²) in [7, 11) is 0. The molecule has 2 heterocycles. The van der Waals surface area contributed by atoms with E-state index in [2.05, 4.69) is 39.7 Å². The van der Waals surface area contributed by atoms with Crippen molar-refractivity contribution in [2.45, 2.75) is 58.0 Å². The molecule has 1 unspecified atom stereocenters. The van der Waals surface area contributed by atoms with Gasteiger partial charge in [-0.05, 0) is 45.1 Å². The predicted molar refractivity (Wildman–Crippen MR) is 95.1 cm³/mol. The molecule has 134 valence electrons. The Morgan fingerprint density at radius 3 is 2.88 bits per heavy atom. The molecule has 3 rings (SSSR count). The van der Waals surface area contributed by atoms with Crippen molar-refractivity contribution in [1.29, 1.82) is 0 Å². The topological polar surface area (TPSA) is 71.3 Å². The zero-order chi connectivity index (χ0) is 17.6. The maximum absolute atomic E-state index is 12.3. The highest BCUT2D eigenvalue weighted by atomic mass is 16.5. The molecule has 1 saturated heterocycles. The lowest BCUT2D eigenvalue weighted by Gasteiger charge is -2.23. The number of likely N-dealkylation sites (tertiary alicyclic amines) is 1. The molecule has 1 atom stereocenters. The van der Waals surface area contributed by atoms with E-state index in [1.54, 1.807) is 4.90 Å². The van der Waals surface area contributed by atoms with Crippen molar-refractivity contribution < 1.29 is 9.32 Å². The smallest absolute Gasteiger partial charge is 0.318 e. The number of carbonyl (C=O) groups is 1. The van der Waals surface area contributed by atoms with Gasteiger partial charge in [-0.1, -0.05) is 35.5 Å². The van der Waals surface area contributed by atoms with E-state index >= 15 is 0 Å². The Kier molecular flexibility index (Phi) is 5.68. The first kappa shape index (κ1) is 17.5. The van der Waals surface area contributed by atoms with E-state index in [9.17, 15) is 4.79 Å². The van der Waals surface area contributed by atoms with Gasteiger partial charge in [0.25, 0.3) is 0 Å². The number of nitrogens with one attached hydrogen (secondary N) is 1. The summed E-state index contributed by atoms with van der Waals surface area (Å²) in [6, 6.07) is 10.4. The van der Waals surface area contributed by atoms with Crippen LogP contribution >= 0.6 is 0 Å². The molecule has 1 aromatic carbocycles. The molecule has 6 heteroatoms. The number of amides is 2. The Morgan fingerprint density at radius 2 is 2.12 bits per heavy atom. The van der Waals surface area contributed by atoms with Crippen molar-refractivity contribution in [2.75, 3.05) is 6.54 Å². The van der Waals surface area contributed by atoms with Crippen molar-refractivity contribution in [1.82, 2.24) is 20.4 Å². The van der Waals surface area contributed by atoms with Crippen molar-refractivity contribution in [3.05, 3.63) is 47.6 Å². The molecule has 1 N–H and O–H groups in total. The highest BCUT2D eigenvalue weighted by Crippen LogP contribution is 2.30. The molecule has 6 nitrogen and oxygen atoms in total. The first-order valence-corrected chi connectivity index (χ1v) is 9.07. The second-order valence-corrected chi connectivity index (χ2v) is 6.84. The van der Waals surface area contributed by atoms with E-state index in [1.807, 2.05) is 19.9 Å². The minimum atomic E-state index is -0.103. The van der Waals surface area contributed by atoms with Crippen LogP contribution in [0, 0.1) is 0 Å². The average molecular weight is 342 g/mol. The number of benzene rings is 1. The number of urea groups is 1. The van der Waals surface area contributed by atoms with E-state index in [-0.39, 0.29) is 18.1 Å². The molecule has 0 aliphatic carbocycles. The molecule has 25 heavy (non-hydrogen) atoms. The maximum Gasteiger partial charge on any atom is 0.318 e. The number of aryl methyl sites for hydroxylation is 2. The Balaban J connectivity index is 1.56. The van der Waals surface area contributed by atoms with E-state index in [0.29, 0.717) is 5.89 Å². The van der Waals surface area contributed by atoms with Gasteiger partial charge in [0, 0.05) is 19.0 Å². The van der Waals surface area contributed by atoms with Gasteiger partial charge >= 0.3 is 6.03 Å². The Labute approximate surface area is 148 Å². The summed E-state index contributed by atoms with van der Waals surface area (Å²) >= 11 is 0. The zero-order valence-electron chi connectivity index (χ0n) is 14.9. The summed E-state index contributed by atoms with van der Waals surface area (Å²) in [5.74, 6) is 1.29. The highest BCUT2D eigenvalue weighted by Gasteiger charge is 2.34. The lowest BCUT2D eigenvalue weighted by Crippen LogP contribution is -2.42. The molecular formula is C19H26N4O2. The van der Waals surface area contributed by atoms with Crippen molar-refractivity contribution in [3.8, 4) is 0 Å². The zero-order valence-corrected chi connectivity index (χ0v) is 14.9. The first-order valence-electron chi connectivity index (χ1n) is 9.07. The van der Waals surface area contributed by atoms with Gasteiger partial charge < -0.3 is 14.7 Å². The summed E-state index contributed by atoms with van der Waals surface area (Å²) in [4.78, 5) is 18.6. The van der Waals surface area contributed by atoms with Crippen molar-refractivity contribution in [3.63, 3.8) is 0 Å². The van der Waals surface area contributed by atoms with Crippen LogP contribution < -0.4 is 5.32 Å². The lowest BCUT2D eigenvalue weighted by atomic mass is 10.1. The average Bonchev–Trinajstić information content (AvgIpc) is 3.24. The standard InChI is InChI=1S/C19H26N4O2/c1-14(2)20-19(24)23-13-7-11-16(23)18-21-17(22-25-18)12-6-10-15-8-4-3-5-9-15/h3-5,8-9,14,16H,6-7,10-13H2,1-2H3,(H,20,24). The second-order valence-electron chi connectivity index (χ2n) is 6.84. The molecule has 1 aliphatic heterocycles. The third kappa shape index (κ3) is 4.59. The van der Waals surface area contributed by atoms with Crippen LogP contribution in [0.25, 0.3) is 0 Å². The molecule has 0 spiro atoms. The van der Waals surface area contributed by atoms with Gasteiger partial charge in [0.2, 0.25) is 5.89 Å². The number of carbonyl (C=O) groups excluding carboxylic acids is 1. The Morgan fingerprint density at radius 1 is 1.32 bits per heavy atom. The van der Waals surface area contributed by atoms with Gasteiger partial charge in [-0.15, -0.1) is 0 Å². The fourth-order valence-corrected chi connectivity index (χ4v) is 3.20. The van der Waals surface area contributed by atoms with Crippen LogP contribution in [0.15, 0.2) is 34.9 Å². The van der Waals surface area contributed by atoms with Crippen LogP contribution in [0.2, 0.25) is 0 Å². The highest BCUT2D eigenvalue weighted by molar-refractivity contribution is 5.75. The van der Waals surface area contributed by atoms with Crippen LogP contribution in [0.1, 0.15) is 56.4 Å². The lowest BCUT2D eigenvalue weighted by molar-refractivity contribution is 0.178. The third-order valence-corrected chi connectivity index (χ3v) is 4.40. The van der Waals surface area contributed by atoms with E-state index in [1.165, 1.54) is 5.56 Å². The monoisotopic (exact) mass is 342 g/mol. The molecule has 1 fully saturated rings. The van der Waals surface area contributed by atoms with Gasteiger partial charge in [0.1, 0.15) is 6.04 Å². The van der Waals surface area contributed by atoms with E-state index < -0.39 is 0 Å². The minimum Gasteiger partial charge on any atom is -0.337 e. The van der Waals surface area contributed by atoms with Gasteiger partial charge in [0.15, 0.2) is 5.82 Å². The quantitative estimate of drug-likeness (QED) is 0.872. The molecule has 2 amide bonds. The van der Waals surface area contributed by atoms with Gasteiger partial charge in [-0.2, -0.15) is 4.98 Å².